The van der Waals surface area contributed by atoms with E-state index in [2.05, 4.69) is 0 Å². The number of ether oxygens (including phenoxy) is 2. The second-order valence-electron chi connectivity index (χ2n) is 4.24. The van der Waals surface area contributed by atoms with E-state index in [1.54, 1.807) is 6.92 Å². The molecule has 0 aliphatic heterocycles. The third-order valence-corrected chi connectivity index (χ3v) is 2.70. The Morgan fingerprint density at radius 3 is 2.80 bits per heavy atom. The molecular weight excluding hydrogens is 263 g/mol. The molecule has 0 aromatic heterocycles. The highest BCUT2D eigenvalue weighted by Crippen LogP contribution is 2.21. The summed E-state index contributed by atoms with van der Waals surface area (Å²) in [5.74, 6) is -0.750. The molecule has 5 heteroatoms. The van der Waals surface area contributed by atoms with Gasteiger partial charge in [-0.15, -0.1) is 0 Å². The summed E-state index contributed by atoms with van der Waals surface area (Å²) in [6.45, 7) is 2.47. The molecule has 0 saturated heterocycles. The maximum Gasteiger partial charge on any atom is 0.305 e. The van der Waals surface area contributed by atoms with E-state index >= 15 is 0 Å². The third-order valence-electron chi connectivity index (χ3n) is 2.70. The van der Waals surface area contributed by atoms with Crippen molar-refractivity contribution in [2.75, 3.05) is 13.2 Å². The van der Waals surface area contributed by atoms with Crippen LogP contribution in [0.5, 0.6) is 5.75 Å². The molecule has 0 aliphatic carbocycles. The van der Waals surface area contributed by atoms with E-state index in [1.807, 2.05) is 0 Å². The van der Waals surface area contributed by atoms with Crippen LogP contribution in [0.25, 0.3) is 0 Å². The van der Waals surface area contributed by atoms with Gasteiger partial charge in [0.25, 0.3) is 0 Å². The lowest BCUT2D eigenvalue weighted by Gasteiger charge is -2.09. The van der Waals surface area contributed by atoms with Crippen LogP contribution in [0.1, 0.15) is 43.0 Å². The monoisotopic (exact) mass is 282 g/mol. The first-order valence-corrected chi connectivity index (χ1v) is 6.71. The normalized spacial score (nSPS) is 10.1. The molecule has 0 heterocycles. The lowest BCUT2D eigenvalue weighted by molar-refractivity contribution is -0.143. The SMILES string of the molecule is CCOC(=O)CCCCCOc1c(F)cccc1C=O. The van der Waals surface area contributed by atoms with Gasteiger partial charge in [0.2, 0.25) is 0 Å². The van der Waals surface area contributed by atoms with Gasteiger partial charge in [-0.05, 0) is 38.3 Å². The van der Waals surface area contributed by atoms with Crippen LogP contribution in [0, 0.1) is 5.82 Å². The van der Waals surface area contributed by atoms with E-state index in [9.17, 15) is 14.0 Å². The zero-order valence-corrected chi connectivity index (χ0v) is 11.6. The first-order valence-electron chi connectivity index (χ1n) is 6.71. The van der Waals surface area contributed by atoms with Crippen molar-refractivity contribution in [3.8, 4) is 5.75 Å². The maximum absolute atomic E-state index is 13.5. The molecular formula is C15H19FO4. The maximum atomic E-state index is 13.5. The Morgan fingerprint density at radius 2 is 2.10 bits per heavy atom. The summed E-state index contributed by atoms with van der Waals surface area (Å²) < 4.78 is 23.6. The lowest BCUT2D eigenvalue weighted by atomic mass is 10.2. The second kappa shape index (κ2) is 9.07. The minimum atomic E-state index is -0.541. The van der Waals surface area contributed by atoms with Gasteiger partial charge in [0, 0.05) is 6.42 Å². The van der Waals surface area contributed by atoms with Crippen molar-refractivity contribution in [1.82, 2.24) is 0 Å². The number of hydrogen-bond acceptors (Lipinski definition) is 4. The number of esters is 1. The molecule has 1 rings (SSSR count). The van der Waals surface area contributed by atoms with Gasteiger partial charge in [-0.1, -0.05) is 6.07 Å². The average Bonchev–Trinajstić information content (AvgIpc) is 2.44. The summed E-state index contributed by atoms with van der Waals surface area (Å²) in [7, 11) is 0. The average molecular weight is 282 g/mol. The van der Waals surface area contributed by atoms with Crippen LogP contribution in [0.3, 0.4) is 0 Å². The van der Waals surface area contributed by atoms with E-state index in [-0.39, 0.29) is 17.3 Å². The summed E-state index contributed by atoms with van der Waals surface area (Å²) in [6.07, 6.45) is 3.13. The Hall–Kier alpha value is -1.91. The molecule has 0 bridgehead atoms. The number of carbonyl (C=O) groups excluding carboxylic acids is 2. The first-order chi connectivity index (χ1) is 9.69. The molecule has 0 aliphatic rings. The number of hydrogen-bond donors (Lipinski definition) is 0. The molecule has 0 unspecified atom stereocenters. The molecule has 0 saturated carbocycles. The van der Waals surface area contributed by atoms with E-state index < -0.39 is 5.82 Å². The fraction of sp³-hybridized carbons (Fsp3) is 0.467. The highest BCUT2D eigenvalue weighted by Gasteiger charge is 2.08. The Labute approximate surface area is 117 Å². The molecule has 110 valence electrons. The van der Waals surface area contributed by atoms with Crippen LogP contribution < -0.4 is 4.74 Å². The van der Waals surface area contributed by atoms with Gasteiger partial charge in [0.1, 0.15) is 0 Å². The van der Waals surface area contributed by atoms with Crippen LogP contribution in [0.2, 0.25) is 0 Å². The summed E-state index contributed by atoms with van der Waals surface area (Å²) in [5, 5.41) is 0. The van der Waals surface area contributed by atoms with Crippen LogP contribution in [0.4, 0.5) is 4.39 Å². The summed E-state index contributed by atoms with van der Waals surface area (Å²) in [5.41, 5.74) is 0.205. The molecule has 4 nitrogen and oxygen atoms in total. The van der Waals surface area contributed by atoms with E-state index in [0.29, 0.717) is 38.8 Å². The number of unbranched alkanes of at least 4 members (excludes halogenated alkanes) is 2. The Morgan fingerprint density at radius 1 is 1.30 bits per heavy atom. The number of aldehydes is 1. The second-order valence-corrected chi connectivity index (χ2v) is 4.24. The number of halogens is 1. The number of benzene rings is 1. The van der Waals surface area contributed by atoms with E-state index in [0.717, 1.165) is 6.42 Å². The zero-order valence-electron chi connectivity index (χ0n) is 11.6. The Kier molecular flexibility index (Phi) is 7.32. The molecule has 0 spiro atoms. The third kappa shape index (κ3) is 5.38. The smallest absolute Gasteiger partial charge is 0.305 e. The van der Waals surface area contributed by atoms with Crippen LogP contribution >= 0.6 is 0 Å². The molecule has 1 aromatic rings. The Balaban J connectivity index is 2.25. The lowest BCUT2D eigenvalue weighted by Crippen LogP contribution is -2.05. The quantitative estimate of drug-likeness (QED) is 0.396. The fourth-order valence-electron chi connectivity index (χ4n) is 1.73. The zero-order chi connectivity index (χ0) is 14.8. The van der Waals surface area contributed by atoms with Crippen LogP contribution in [-0.2, 0) is 9.53 Å². The standard InChI is InChI=1S/C15H19FO4/c1-2-19-14(18)9-4-3-5-10-20-15-12(11-17)7-6-8-13(15)16/h6-8,11H,2-5,9-10H2,1H3. The summed E-state index contributed by atoms with van der Waals surface area (Å²) >= 11 is 0. The van der Waals surface area contributed by atoms with Gasteiger partial charge in [-0.25, -0.2) is 4.39 Å². The van der Waals surface area contributed by atoms with Crippen molar-refractivity contribution in [2.24, 2.45) is 0 Å². The highest BCUT2D eigenvalue weighted by molar-refractivity contribution is 5.79. The predicted molar refractivity (Wildman–Crippen MR) is 72.4 cm³/mol. The molecule has 0 atom stereocenters. The van der Waals surface area contributed by atoms with E-state index in [1.165, 1.54) is 18.2 Å². The molecule has 0 amide bonds. The summed E-state index contributed by atoms with van der Waals surface area (Å²) in [4.78, 5) is 21.8. The van der Waals surface area contributed by atoms with Gasteiger partial charge in [-0.3, -0.25) is 9.59 Å². The molecule has 20 heavy (non-hydrogen) atoms. The molecule has 0 radical (unpaired) electrons. The van der Waals surface area contributed by atoms with Crippen LogP contribution in [0.15, 0.2) is 18.2 Å². The van der Waals surface area contributed by atoms with Gasteiger partial charge in [0.05, 0.1) is 18.8 Å². The summed E-state index contributed by atoms with van der Waals surface area (Å²) in [6, 6.07) is 4.22. The molecule has 1 aromatic carbocycles. The Bertz CT molecular complexity index is 445. The van der Waals surface area contributed by atoms with Crippen molar-refractivity contribution in [1.29, 1.82) is 0 Å². The van der Waals surface area contributed by atoms with Gasteiger partial charge in [0.15, 0.2) is 17.9 Å². The van der Waals surface area contributed by atoms with E-state index in [4.69, 9.17) is 9.47 Å². The minimum Gasteiger partial charge on any atom is -0.490 e. The number of rotatable bonds is 9. The van der Waals surface area contributed by atoms with Gasteiger partial charge < -0.3 is 9.47 Å². The highest BCUT2D eigenvalue weighted by atomic mass is 19.1. The van der Waals surface area contributed by atoms with Gasteiger partial charge in [-0.2, -0.15) is 0 Å². The minimum absolute atomic E-state index is 0.00658. The predicted octanol–water partition coefficient (Wildman–Crippen LogP) is 3.14. The number of para-hydroxylation sites is 1. The molecule has 0 N–H and O–H groups in total. The topological polar surface area (TPSA) is 52.6 Å². The van der Waals surface area contributed by atoms with Gasteiger partial charge >= 0.3 is 5.97 Å². The largest absolute Gasteiger partial charge is 0.490 e. The van der Waals surface area contributed by atoms with Crippen molar-refractivity contribution >= 4 is 12.3 Å². The van der Waals surface area contributed by atoms with Crippen molar-refractivity contribution in [2.45, 2.75) is 32.6 Å². The van der Waals surface area contributed by atoms with Crippen molar-refractivity contribution in [3.63, 3.8) is 0 Å². The molecule has 0 fully saturated rings. The first kappa shape index (κ1) is 16.1. The van der Waals surface area contributed by atoms with Crippen molar-refractivity contribution < 1.29 is 23.5 Å². The van der Waals surface area contributed by atoms with Crippen LogP contribution in [-0.4, -0.2) is 25.5 Å². The fourth-order valence-corrected chi connectivity index (χ4v) is 1.73. The number of carbonyl (C=O) groups is 2. The van der Waals surface area contributed by atoms with Crippen molar-refractivity contribution in [3.05, 3.63) is 29.6 Å².